The number of hydrogen-bond acceptors (Lipinski definition) is 3. The van der Waals surface area contributed by atoms with Gasteiger partial charge in [-0.05, 0) is 37.0 Å². The van der Waals surface area contributed by atoms with Crippen LogP contribution in [-0.2, 0) is 14.3 Å². The molecule has 3 fully saturated rings. The van der Waals surface area contributed by atoms with Crippen LogP contribution in [0.5, 0.6) is 0 Å². The minimum atomic E-state index is -0.361. The van der Waals surface area contributed by atoms with Crippen LogP contribution < -0.4 is 4.90 Å². The summed E-state index contributed by atoms with van der Waals surface area (Å²) < 4.78 is 6.22. The van der Waals surface area contributed by atoms with Crippen LogP contribution in [0.3, 0.4) is 0 Å². The third-order valence-electron chi connectivity index (χ3n) is 7.20. The topological polar surface area (TPSA) is 46.6 Å². The molecule has 146 valence electrons. The molecule has 2 bridgehead atoms. The fourth-order valence-electron chi connectivity index (χ4n) is 6.04. The summed E-state index contributed by atoms with van der Waals surface area (Å²) in [6.07, 6.45) is 5.56. The number of rotatable bonds is 2. The molecule has 4 aliphatic rings. The van der Waals surface area contributed by atoms with E-state index in [1.165, 1.54) is 10.5 Å². The normalized spacial score (nSPS) is 35.3. The van der Waals surface area contributed by atoms with E-state index in [0.717, 1.165) is 24.8 Å². The molecular formula is C25H23NO3. The molecule has 6 rings (SSSR count). The maximum atomic E-state index is 13.7. The first-order valence-corrected chi connectivity index (χ1v) is 10.6. The predicted octanol–water partition coefficient (Wildman–Crippen LogP) is 4.08. The smallest absolute Gasteiger partial charge is 0.238 e. The molecule has 4 heteroatoms. The van der Waals surface area contributed by atoms with Crippen molar-refractivity contribution < 1.29 is 14.3 Å². The van der Waals surface area contributed by atoms with Gasteiger partial charge in [0.2, 0.25) is 11.8 Å². The van der Waals surface area contributed by atoms with Crippen LogP contribution in [0.15, 0.2) is 72.3 Å². The number of imide groups is 1. The zero-order valence-electron chi connectivity index (χ0n) is 16.1. The SMILES string of the molecule is O=C1[C@H]2[C@@H]3C(=C[C@@H](c4ccccc4)[C@H]2C(=O)N1c1ccccc1)C[C@H]1CC[C@@H]3O1. The van der Waals surface area contributed by atoms with Crippen LogP contribution in [0.2, 0.25) is 0 Å². The van der Waals surface area contributed by atoms with Gasteiger partial charge in [0.15, 0.2) is 0 Å². The van der Waals surface area contributed by atoms with E-state index in [1.807, 2.05) is 48.5 Å². The Morgan fingerprint density at radius 3 is 2.24 bits per heavy atom. The van der Waals surface area contributed by atoms with E-state index >= 15 is 0 Å². The van der Waals surface area contributed by atoms with Crippen molar-refractivity contribution in [3.05, 3.63) is 77.9 Å². The molecule has 0 spiro atoms. The van der Waals surface area contributed by atoms with E-state index in [4.69, 9.17) is 4.74 Å². The van der Waals surface area contributed by atoms with Crippen LogP contribution in [0.25, 0.3) is 0 Å². The maximum Gasteiger partial charge on any atom is 0.238 e. The largest absolute Gasteiger partial charge is 0.374 e. The van der Waals surface area contributed by atoms with Gasteiger partial charge in [0.25, 0.3) is 0 Å². The predicted molar refractivity (Wildman–Crippen MR) is 109 cm³/mol. The number of hydrogen-bond donors (Lipinski definition) is 0. The number of carbonyl (C=O) groups excluding carboxylic acids is 2. The number of benzene rings is 2. The van der Waals surface area contributed by atoms with Crippen LogP contribution >= 0.6 is 0 Å². The first-order valence-electron chi connectivity index (χ1n) is 10.6. The fraction of sp³-hybridized carbons (Fsp3) is 0.360. The molecule has 4 nitrogen and oxygen atoms in total. The average molecular weight is 385 g/mol. The molecule has 0 unspecified atom stereocenters. The first kappa shape index (κ1) is 17.2. The number of anilines is 1. The van der Waals surface area contributed by atoms with E-state index < -0.39 is 0 Å². The molecule has 1 aliphatic carbocycles. The number of fused-ring (bicyclic) bond motifs is 6. The second-order valence-electron chi connectivity index (χ2n) is 8.68. The van der Waals surface area contributed by atoms with Gasteiger partial charge in [0, 0.05) is 11.8 Å². The summed E-state index contributed by atoms with van der Waals surface area (Å²) in [7, 11) is 0. The Kier molecular flexibility index (Phi) is 3.78. The highest BCUT2D eigenvalue weighted by atomic mass is 16.5. The third kappa shape index (κ3) is 2.48. The van der Waals surface area contributed by atoms with Crippen molar-refractivity contribution in [3.8, 4) is 0 Å². The summed E-state index contributed by atoms with van der Waals surface area (Å²) in [5.74, 6) is -0.859. The Labute approximate surface area is 170 Å². The number of carbonyl (C=O) groups is 2. The molecule has 29 heavy (non-hydrogen) atoms. The van der Waals surface area contributed by atoms with Gasteiger partial charge in [-0.2, -0.15) is 0 Å². The monoisotopic (exact) mass is 385 g/mol. The van der Waals surface area contributed by atoms with Crippen molar-refractivity contribution >= 4 is 17.5 Å². The lowest BCUT2D eigenvalue weighted by Gasteiger charge is -2.42. The van der Waals surface area contributed by atoms with Crippen molar-refractivity contribution in [2.24, 2.45) is 17.8 Å². The summed E-state index contributed by atoms with van der Waals surface area (Å²) >= 11 is 0. The Morgan fingerprint density at radius 2 is 1.48 bits per heavy atom. The first-order chi connectivity index (χ1) is 14.2. The van der Waals surface area contributed by atoms with Gasteiger partial charge in [-0.3, -0.25) is 14.5 Å². The summed E-state index contributed by atoms with van der Waals surface area (Å²) in [5, 5.41) is 0. The fourth-order valence-corrected chi connectivity index (χ4v) is 6.04. The van der Waals surface area contributed by atoms with Crippen molar-refractivity contribution in [3.63, 3.8) is 0 Å². The summed E-state index contributed by atoms with van der Waals surface area (Å²) in [5.41, 5.74) is 3.12. The van der Waals surface area contributed by atoms with Crippen molar-refractivity contribution in [2.45, 2.75) is 37.4 Å². The van der Waals surface area contributed by atoms with Gasteiger partial charge in [0.05, 0.1) is 29.7 Å². The van der Waals surface area contributed by atoms with Crippen LogP contribution in [0, 0.1) is 17.8 Å². The number of nitrogens with zero attached hydrogens (tertiary/aromatic N) is 1. The van der Waals surface area contributed by atoms with Crippen molar-refractivity contribution in [2.75, 3.05) is 4.90 Å². The van der Waals surface area contributed by atoms with Crippen molar-refractivity contribution in [1.82, 2.24) is 0 Å². The summed E-state index contributed by atoms with van der Waals surface area (Å²) in [6.45, 7) is 0. The molecule has 3 saturated heterocycles. The number of amides is 2. The molecule has 0 saturated carbocycles. The Bertz CT molecular complexity index is 999. The molecule has 3 heterocycles. The lowest BCUT2D eigenvalue weighted by atomic mass is 9.64. The van der Waals surface area contributed by atoms with Gasteiger partial charge < -0.3 is 4.74 Å². The quantitative estimate of drug-likeness (QED) is 0.578. The number of allylic oxidation sites excluding steroid dienone is 1. The number of ether oxygens (including phenoxy) is 1. The van der Waals surface area contributed by atoms with Crippen LogP contribution in [0.1, 0.15) is 30.7 Å². The molecule has 0 radical (unpaired) electrons. The van der Waals surface area contributed by atoms with Gasteiger partial charge >= 0.3 is 0 Å². The van der Waals surface area contributed by atoms with Gasteiger partial charge in [0.1, 0.15) is 0 Å². The Hall–Kier alpha value is -2.72. The molecular weight excluding hydrogens is 362 g/mol. The van der Waals surface area contributed by atoms with Gasteiger partial charge in [-0.1, -0.05) is 60.2 Å². The minimum Gasteiger partial charge on any atom is -0.374 e. The molecule has 2 aromatic carbocycles. The third-order valence-corrected chi connectivity index (χ3v) is 7.20. The second kappa shape index (κ2) is 6.39. The van der Waals surface area contributed by atoms with E-state index in [-0.39, 0.29) is 47.7 Å². The van der Waals surface area contributed by atoms with E-state index in [1.54, 1.807) is 0 Å². The highest BCUT2D eigenvalue weighted by Gasteiger charge is 2.60. The average Bonchev–Trinajstić information content (AvgIpc) is 3.27. The zero-order chi connectivity index (χ0) is 19.5. The van der Waals surface area contributed by atoms with E-state index in [2.05, 4.69) is 18.2 Å². The molecule has 0 N–H and O–H groups in total. The van der Waals surface area contributed by atoms with Crippen LogP contribution in [0.4, 0.5) is 5.69 Å². The molecule has 0 aromatic heterocycles. The highest BCUT2D eigenvalue weighted by Crippen LogP contribution is 2.55. The molecule has 2 aromatic rings. The summed E-state index contributed by atoms with van der Waals surface area (Å²) in [4.78, 5) is 28.8. The summed E-state index contributed by atoms with van der Waals surface area (Å²) in [6, 6.07) is 19.5. The number of para-hydroxylation sites is 1. The lowest BCUT2D eigenvalue weighted by molar-refractivity contribution is -0.126. The standard InChI is InChI=1S/C25H23NO3/c27-24-22-19(15-7-3-1-4-8-15)14-16-13-18-11-12-20(29-18)21(16)23(22)25(28)26(24)17-9-5-2-6-10-17/h1-10,14,18-23H,11-13H2/t18-,19+,20+,21-,22-,23+/m1/s1. The van der Waals surface area contributed by atoms with Gasteiger partial charge in [-0.15, -0.1) is 0 Å². The molecule has 3 aliphatic heterocycles. The van der Waals surface area contributed by atoms with Gasteiger partial charge in [-0.25, -0.2) is 0 Å². The molecule has 2 amide bonds. The Morgan fingerprint density at radius 1 is 0.793 bits per heavy atom. The Balaban J connectivity index is 1.50. The van der Waals surface area contributed by atoms with E-state index in [0.29, 0.717) is 5.69 Å². The molecule has 6 atom stereocenters. The second-order valence-corrected chi connectivity index (χ2v) is 8.68. The van der Waals surface area contributed by atoms with Crippen LogP contribution in [-0.4, -0.2) is 24.0 Å². The lowest BCUT2D eigenvalue weighted by Crippen LogP contribution is -2.44. The van der Waals surface area contributed by atoms with Crippen molar-refractivity contribution in [1.29, 1.82) is 0 Å². The minimum absolute atomic E-state index is 0.0314. The maximum absolute atomic E-state index is 13.7. The highest BCUT2D eigenvalue weighted by molar-refractivity contribution is 6.22. The van der Waals surface area contributed by atoms with E-state index in [9.17, 15) is 9.59 Å². The zero-order valence-corrected chi connectivity index (χ0v) is 16.1.